The molecule has 0 N–H and O–H groups in total. The van der Waals surface area contributed by atoms with Crippen molar-refractivity contribution >= 4 is 10.0 Å². The molecule has 0 spiro atoms. The molecule has 1 aromatic heterocycles. The molecule has 8 nitrogen and oxygen atoms in total. The number of sulfonamides is 1. The van der Waals surface area contributed by atoms with E-state index in [-0.39, 0.29) is 4.90 Å². The van der Waals surface area contributed by atoms with Crippen LogP contribution >= 0.6 is 0 Å². The zero-order valence-corrected chi connectivity index (χ0v) is 14.0. The van der Waals surface area contributed by atoms with Crippen LogP contribution in [0.3, 0.4) is 0 Å². The zero-order valence-electron chi connectivity index (χ0n) is 13.2. The van der Waals surface area contributed by atoms with Gasteiger partial charge in [0.05, 0.1) is 10.6 Å². The van der Waals surface area contributed by atoms with Gasteiger partial charge in [-0.15, -0.1) is 5.10 Å². The van der Waals surface area contributed by atoms with Gasteiger partial charge in [-0.2, -0.15) is 4.31 Å². The molecule has 2 heterocycles. The van der Waals surface area contributed by atoms with E-state index in [2.05, 4.69) is 34.3 Å². The van der Waals surface area contributed by atoms with Crippen LogP contribution in [0.1, 0.15) is 13.8 Å². The lowest BCUT2D eigenvalue weighted by Crippen LogP contribution is -2.50. The summed E-state index contributed by atoms with van der Waals surface area (Å²) in [5.41, 5.74) is 0.622. The summed E-state index contributed by atoms with van der Waals surface area (Å²) in [6.07, 6.45) is 1.44. The number of piperazine rings is 1. The number of benzene rings is 1. The lowest BCUT2D eigenvalue weighted by molar-refractivity contribution is 0.154. The molecule has 0 bridgehead atoms. The summed E-state index contributed by atoms with van der Waals surface area (Å²) in [6, 6.07) is 7.11. The highest BCUT2D eigenvalue weighted by Gasteiger charge is 2.29. The van der Waals surface area contributed by atoms with Gasteiger partial charge in [0.1, 0.15) is 6.33 Å². The molecule has 0 saturated carbocycles. The second kappa shape index (κ2) is 6.34. The first-order valence-corrected chi connectivity index (χ1v) is 9.00. The maximum atomic E-state index is 12.8. The summed E-state index contributed by atoms with van der Waals surface area (Å²) in [5.74, 6) is 0. The Balaban J connectivity index is 1.82. The Hall–Kier alpha value is -1.84. The van der Waals surface area contributed by atoms with Crippen LogP contribution in [0, 0.1) is 0 Å². The Morgan fingerprint density at radius 3 is 2.48 bits per heavy atom. The SMILES string of the molecule is CC(C)N1CCN(S(=O)(=O)c2cccc(-n3cnnn3)c2)CC1. The average Bonchev–Trinajstić information content (AvgIpc) is 3.09. The van der Waals surface area contributed by atoms with Gasteiger partial charge in [0.2, 0.25) is 10.0 Å². The molecule has 9 heteroatoms. The molecule has 0 radical (unpaired) electrons. The third-order valence-corrected chi connectivity index (χ3v) is 5.97. The fraction of sp³-hybridized carbons (Fsp3) is 0.500. The molecule has 124 valence electrons. The molecule has 2 aromatic rings. The van der Waals surface area contributed by atoms with Crippen LogP contribution < -0.4 is 0 Å². The fourth-order valence-electron chi connectivity index (χ4n) is 2.68. The quantitative estimate of drug-likeness (QED) is 0.802. The van der Waals surface area contributed by atoms with Gasteiger partial charge in [-0.05, 0) is 42.5 Å². The molecule has 1 aliphatic heterocycles. The normalized spacial score (nSPS) is 17.7. The summed E-state index contributed by atoms with van der Waals surface area (Å²) in [5, 5.41) is 10.9. The highest BCUT2D eigenvalue weighted by atomic mass is 32.2. The van der Waals surface area contributed by atoms with Crippen molar-refractivity contribution in [1.82, 2.24) is 29.4 Å². The zero-order chi connectivity index (χ0) is 16.4. The van der Waals surface area contributed by atoms with Crippen LogP contribution in [0.25, 0.3) is 5.69 Å². The summed E-state index contributed by atoms with van der Waals surface area (Å²) >= 11 is 0. The molecule has 23 heavy (non-hydrogen) atoms. The van der Waals surface area contributed by atoms with E-state index in [9.17, 15) is 8.42 Å². The molecule has 0 atom stereocenters. The van der Waals surface area contributed by atoms with E-state index in [1.54, 1.807) is 28.6 Å². The maximum Gasteiger partial charge on any atom is 0.243 e. The molecular formula is C14H20N6O2S. The predicted molar refractivity (Wildman–Crippen MR) is 84.6 cm³/mol. The van der Waals surface area contributed by atoms with Crippen molar-refractivity contribution in [3.63, 3.8) is 0 Å². The number of nitrogens with zero attached hydrogens (tertiary/aromatic N) is 6. The molecule has 0 aliphatic carbocycles. The monoisotopic (exact) mass is 336 g/mol. The highest BCUT2D eigenvalue weighted by Crippen LogP contribution is 2.20. The molecule has 1 saturated heterocycles. The van der Waals surface area contributed by atoms with Crippen LogP contribution in [0.15, 0.2) is 35.5 Å². The van der Waals surface area contributed by atoms with E-state index >= 15 is 0 Å². The van der Waals surface area contributed by atoms with E-state index in [0.29, 0.717) is 24.8 Å². The van der Waals surface area contributed by atoms with Crippen molar-refractivity contribution in [3.05, 3.63) is 30.6 Å². The molecule has 3 rings (SSSR count). The highest BCUT2D eigenvalue weighted by molar-refractivity contribution is 7.89. The van der Waals surface area contributed by atoms with E-state index in [1.807, 2.05) is 0 Å². The van der Waals surface area contributed by atoms with Crippen molar-refractivity contribution in [3.8, 4) is 5.69 Å². The first kappa shape index (κ1) is 16.0. The molecule has 0 unspecified atom stereocenters. The van der Waals surface area contributed by atoms with Crippen molar-refractivity contribution in [2.24, 2.45) is 0 Å². The van der Waals surface area contributed by atoms with E-state index in [0.717, 1.165) is 13.1 Å². The minimum atomic E-state index is -3.50. The third-order valence-electron chi connectivity index (χ3n) is 4.07. The Bertz CT molecular complexity index is 751. The van der Waals surface area contributed by atoms with E-state index < -0.39 is 10.0 Å². The third kappa shape index (κ3) is 3.26. The predicted octanol–water partition coefficient (Wildman–Crippen LogP) is 0.377. The molecular weight excluding hydrogens is 316 g/mol. The Morgan fingerprint density at radius 1 is 1.13 bits per heavy atom. The van der Waals surface area contributed by atoms with Gasteiger partial charge in [0.15, 0.2) is 0 Å². The lowest BCUT2D eigenvalue weighted by atomic mass is 10.3. The first-order chi connectivity index (χ1) is 11.0. The van der Waals surface area contributed by atoms with Gasteiger partial charge < -0.3 is 0 Å². The molecule has 1 aliphatic rings. The van der Waals surface area contributed by atoms with Crippen molar-refractivity contribution in [2.45, 2.75) is 24.8 Å². The number of hydrogen-bond acceptors (Lipinski definition) is 6. The van der Waals surface area contributed by atoms with Crippen LogP contribution in [0.5, 0.6) is 0 Å². The van der Waals surface area contributed by atoms with E-state index in [1.165, 1.54) is 11.0 Å². The molecule has 1 fully saturated rings. The maximum absolute atomic E-state index is 12.8. The smallest absolute Gasteiger partial charge is 0.243 e. The summed E-state index contributed by atoms with van der Waals surface area (Å²) < 4.78 is 28.7. The standard InChI is InChI=1S/C14H20N6O2S/c1-12(2)18-6-8-19(9-7-18)23(21,22)14-5-3-4-13(10-14)20-11-15-16-17-20/h3-5,10-12H,6-9H2,1-2H3. The second-order valence-corrected chi connectivity index (χ2v) is 7.72. The minimum Gasteiger partial charge on any atom is -0.298 e. The summed E-state index contributed by atoms with van der Waals surface area (Å²) in [4.78, 5) is 2.55. The Labute approximate surface area is 135 Å². The second-order valence-electron chi connectivity index (χ2n) is 5.79. The van der Waals surface area contributed by atoms with Crippen molar-refractivity contribution in [1.29, 1.82) is 0 Å². The topological polar surface area (TPSA) is 84.2 Å². The lowest BCUT2D eigenvalue weighted by Gasteiger charge is -2.36. The first-order valence-electron chi connectivity index (χ1n) is 7.56. The number of aromatic nitrogens is 4. The van der Waals surface area contributed by atoms with Gasteiger partial charge in [-0.25, -0.2) is 13.1 Å². The Morgan fingerprint density at radius 2 is 1.87 bits per heavy atom. The Kier molecular flexibility index (Phi) is 4.42. The minimum absolute atomic E-state index is 0.267. The molecule has 1 aromatic carbocycles. The summed E-state index contributed by atoms with van der Waals surface area (Å²) in [7, 11) is -3.50. The molecule has 0 amide bonds. The van der Waals surface area contributed by atoms with Gasteiger partial charge >= 0.3 is 0 Å². The van der Waals surface area contributed by atoms with Gasteiger partial charge in [0, 0.05) is 32.2 Å². The van der Waals surface area contributed by atoms with Crippen molar-refractivity contribution in [2.75, 3.05) is 26.2 Å². The summed E-state index contributed by atoms with van der Waals surface area (Å²) in [6.45, 7) is 6.78. The fourth-order valence-corrected chi connectivity index (χ4v) is 4.14. The largest absolute Gasteiger partial charge is 0.298 e. The van der Waals surface area contributed by atoms with E-state index in [4.69, 9.17) is 0 Å². The van der Waals surface area contributed by atoms with Crippen LogP contribution in [0.4, 0.5) is 0 Å². The van der Waals surface area contributed by atoms with Crippen LogP contribution in [-0.2, 0) is 10.0 Å². The number of tetrazole rings is 1. The van der Waals surface area contributed by atoms with Gasteiger partial charge in [-0.3, -0.25) is 4.90 Å². The van der Waals surface area contributed by atoms with Crippen LogP contribution in [-0.4, -0.2) is 70.1 Å². The average molecular weight is 336 g/mol. The van der Waals surface area contributed by atoms with Crippen LogP contribution in [0.2, 0.25) is 0 Å². The van der Waals surface area contributed by atoms with Gasteiger partial charge in [-0.1, -0.05) is 6.07 Å². The number of hydrogen-bond donors (Lipinski definition) is 0. The number of rotatable bonds is 4. The van der Waals surface area contributed by atoms with Gasteiger partial charge in [0.25, 0.3) is 0 Å². The van der Waals surface area contributed by atoms with Crippen molar-refractivity contribution < 1.29 is 8.42 Å².